The van der Waals surface area contributed by atoms with Gasteiger partial charge in [-0.25, -0.2) is 23.1 Å². The van der Waals surface area contributed by atoms with Gasteiger partial charge in [0.2, 0.25) is 5.91 Å². The van der Waals surface area contributed by atoms with E-state index >= 15 is 4.39 Å². The van der Waals surface area contributed by atoms with E-state index in [1.807, 2.05) is 32.6 Å². The lowest BCUT2D eigenvalue weighted by Gasteiger charge is -2.43. The SMILES string of the molecule is CC(=O)Nc1ccc(Cc2ncc(F)c(-c3cc(F)c4c(c3)N(C(C)C)CC(C)(C)O4)n2)cc1F. The quantitative estimate of drug-likeness (QED) is 0.518. The number of anilines is 2. The Hall–Kier alpha value is -3.62. The maximum absolute atomic E-state index is 15.2. The lowest BCUT2D eigenvalue weighted by atomic mass is 10.0. The van der Waals surface area contributed by atoms with E-state index in [1.165, 1.54) is 25.1 Å². The fraction of sp³-hybridized carbons (Fsp3) is 0.346. The van der Waals surface area contributed by atoms with Crippen LogP contribution >= 0.6 is 0 Å². The van der Waals surface area contributed by atoms with Crippen molar-refractivity contribution in [2.24, 2.45) is 0 Å². The van der Waals surface area contributed by atoms with Crippen LogP contribution in [0.5, 0.6) is 5.75 Å². The molecule has 0 spiro atoms. The zero-order chi connectivity index (χ0) is 25.5. The normalized spacial score (nSPS) is 14.5. The fourth-order valence-corrected chi connectivity index (χ4v) is 4.13. The van der Waals surface area contributed by atoms with E-state index in [4.69, 9.17) is 4.74 Å². The summed E-state index contributed by atoms with van der Waals surface area (Å²) < 4.78 is 50.1. The molecule has 1 aromatic heterocycles. The van der Waals surface area contributed by atoms with E-state index in [9.17, 15) is 13.6 Å². The van der Waals surface area contributed by atoms with Crippen LogP contribution in [0.1, 0.15) is 46.0 Å². The van der Waals surface area contributed by atoms with Crippen LogP contribution in [0.15, 0.2) is 36.5 Å². The van der Waals surface area contributed by atoms with E-state index in [0.717, 1.165) is 6.20 Å². The summed E-state index contributed by atoms with van der Waals surface area (Å²) in [5.74, 6) is -1.93. The number of halogens is 3. The van der Waals surface area contributed by atoms with E-state index in [2.05, 4.69) is 15.3 Å². The topological polar surface area (TPSA) is 67.4 Å². The van der Waals surface area contributed by atoms with Crippen molar-refractivity contribution in [3.63, 3.8) is 0 Å². The third kappa shape index (κ3) is 5.23. The summed E-state index contributed by atoms with van der Waals surface area (Å²) in [6.07, 6.45) is 1.14. The van der Waals surface area contributed by atoms with Crippen LogP contribution in [-0.4, -0.2) is 34.1 Å². The predicted octanol–water partition coefficient (Wildman–Crippen LogP) is 5.50. The van der Waals surface area contributed by atoms with Crippen molar-refractivity contribution in [1.82, 2.24) is 9.97 Å². The van der Waals surface area contributed by atoms with Crippen LogP contribution in [0.25, 0.3) is 11.3 Å². The number of ether oxygens (including phenoxy) is 1. The maximum atomic E-state index is 15.2. The molecular weight excluding hydrogens is 457 g/mol. The van der Waals surface area contributed by atoms with Gasteiger partial charge in [-0.05, 0) is 57.5 Å². The van der Waals surface area contributed by atoms with Crippen molar-refractivity contribution >= 4 is 17.3 Å². The number of aromatic nitrogens is 2. The first-order chi connectivity index (χ1) is 16.4. The zero-order valence-electron chi connectivity index (χ0n) is 20.2. The minimum Gasteiger partial charge on any atom is -0.481 e. The van der Waals surface area contributed by atoms with Crippen molar-refractivity contribution in [2.45, 2.75) is 52.7 Å². The second-order valence-electron chi connectivity index (χ2n) is 9.54. The van der Waals surface area contributed by atoms with Crippen molar-refractivity contribution in [2.75, 3.05) is 16.8 Å². The lowest BCUT2D eigenvalue weighted by Crippen LogP contribution is -2.49. The minimum atomic E-state index is -0.701. The van der Waals surface area contributed by atoms with E-state index < -0.39 is 23.1 Å². The number of amides is 1. The predicted molar refractivity (Wildman–Crippen MR) is 128 cm³/mol. The molecule has 1 amide bonds. The molecule has 35 heavy (non-hydrogen) atoms. The Morgan fingerprint density at radius 1 is 1.14 bits per heavy atom. The van der Waals surface area contributed by atoms with Gasteiger partial charge in [0.25, 0.3) is 0 Å². The highest BCUT2D eigenvalue weighted by molar-refractivity contribution is 5.88. The molecule has 0 bridgehead atoms. The molecule has 0 saturated heterocycles. The smallest absolute Gasteiger partial charge is 0.221 e. The van der Waals surface area contributed by atoms with Crippen LogP contribution < -0.4 is 15.0 Å². The number of hydrogen-bond acceptors (Lipinski definition) is 5. The van der Waals surface area contributed by atoms with Gasteiger partial charge >= 0.3 is 0 Å². The molecule has 0 fully saturated rings. The zero-order valence-corrected chi connectivity index (χ0v) is 20.2. The monoisotopic (exact) mass is 484 g/mol. The number of benzene rings is 2. The van der Waals surface area contributed by atoms with Crippen molar-refractivity contribution in [3.8, 4) is 17.0 Å². The summed E-state index contributed by atoms with van der Waals surface area (Å²) in [4.78, 5) is 21.5. The van der Waals surface area contributed by atoms with Crippen molar-refractivity contribution in [3.05, 3.63) is 65.4 Å². The molecule has 0 saturated carbocycles. The van der Waals surface area contributed by atoms with Crippen LogP contribution in [0.3, 0.4) is 0 Å². The number of fused-ring (bicyclic) bond motifs is 1. The van der Waals surface area contributed by atoms with Gasteiger partial charge in [-0.15, -0.1) is 0 Å². The van der Waals surface area contributed by atoms with E-state index in [1.54, 1.807) is 12.1 Å². The highest BCUT2D eigenvalue weighted by atomic mass is 19.1. The molecule has 2 heterocycles. The van der Waals surface area contributed by atoms with Gasteiger partial charge in [-0.3, -0.25) is 4.79 Å². The van der Waals surface area contributed by atoms with Gasteiger partial charge in [0.05, 0.1) is 24.1 Å². The van der Waals surface area contributed by atoms with Gasteiger partial charge in [0.1, 0.15) is 22.9 Å². The molecule has 2 aromatic carbocycles. The number of nitrogens with zero attached hydrogens (tertiary/aromatic N) is 3. The molecule has 1 aliphatic rings. The lowest BCUT2D eigenvalue weighted by molar-refractivity contribution is -0.114. The molecule has 0 aliphatic carbocycles. The molecule has 6 nitrogen and oxygen atoms in total. The van der Waals surface area contributed by atoms with Crippen LogP contribution in [0.4, 0.5) is 24.5 Å². The average molecular weight is 485 g/mol. The van der Waals surface area contributed by atoms with Gasteiger partial charge in [-0.2, -0.15) is 0 Å². The van der Waals surface area contributed by atoms with Gasteiger partial charge in [-0.1, -0.05) is 6.07 Å². The van der Waals surface area contributed by atoms with Crippen molar-refractivity contribution < 1.29 is 22.7 Å². The second kappa shape index (κ2) is 9.20. The van der Waals surface area contributed by atoms with E-state index in [-0.39, 0.29) is 46.9 Å². The largest absolute Gasteiger partial charge is 0.481 e. The number of rotatable bonds is 5. The van der Waals surface area contributed by atoms with Crippen LogP contribution in [0, 0.1) is 17.5 Å². The van der Waals surface area contributed by atoms with Gasteiger partial charge in [0.15, 0.2) is 17.4 Å². The minimum absolute atomic E-state index is 0.0550. The van der Waals surface area contributed by atoms with Crippen LogP contribution in [0.2, 0.25) is 0 Å². The summed E-state index contributed by atoms with van der Waals surface area (Å²) in [5.41, 5.74) is 0.741. The molecule has 0 atom stereocenters. The molecule has 184 valence electrons. The maximum Gasteiger partial charge on any atom is 0.221 e. The van der Waals surface area contributed by atoms with Gasteiger partial charge < -0.3 is 15.0 Å². The highest BCUT2D eigenvalue weighted by Gasteiger charge is 2.35. The Bertz CT molecular complexity index is 1290. The first-order valence-electron chi connectivity index (χ1n) is 11.3. The molecule has 0 unspecified atom stereocenters. The first kappa shape index (κ1) is 24.5. The second-order valence-corrected chi connectivity index (χ2v) is 9.54. The molecular formula is C26H27F3N4O2. The molecule has 3 aromatic rings. The Balaban J connectivity index is 1.69. The molecule has 4 rings (SSSR count). The Morgan fingerprint density at radius 2 is 1.89 bits per heavy atom. The number of carbonyl (C=O) groups excluding carboxylic acids is 1. The molecule has 0 radical (unpaired) electrons. The van der Waals surface area contributed by atoms with Crippen molar-refractivity contribution in [1.29, 1.82) is 0 Å². The Kier molecular flexibility index (Phi) is 6.44. The molecule has 1 aliphatic heterocycles. The van der Waals surface area contributed by atoms with Gasteiger partial charge in [0, 0.05) is 24.9 Å². The third-order valence-electron chi connectivity index (χ3n) is 5.66. The average Bonchev–Trinajstić information content (AvgIpc) is 2.76. The highest BCUT2D eigenvalue weighted by Crippen LogP contribution is 2.42. The summed E-state index contributed by atoms with van der Waals surface area (Å²) in [5, 5.41) is 2.40. The fourth-order valence-electron chi connectivity index (χ4n) is 4.13. The summed E-state index contributed by atoms with van der Waals surface area (Å²) in [7, 11) is 0. The summed E-state index contributed by atoms with van der Waals surface area (Å²) >= 11 is 0. The first-order valence-corrected chi connectivity index (χ1v) is 11.3. The standard InChI is InChI=1S/C26H27F3N4O2/c1-14(2)33-13-26(4,5)35-25-19(28)10-17(11-22(25)33)24-20(29)12-30-23(32-24)9-16-6-7-21(18(27)8-16)31-15(3)34/h6-8,10-12,14H,9,13H2,1-5H3,(H,31,34). The van der Waals surface area contributed by atoms with E-state index in [0.29, 0.717) is 17.8 Å². The summed E-state index contributed by atoms with van der Waals surface area (Å²) in [6, 6.07) is 7.26. The molecule has 9 heteroatoms. The van der Waals surface area contributed by atoms with Crippen LogP contribution in [-0.2, 0) is 11.2 Å². The Morgan fingerprint density at radius 3 is 2.54 bits per heavy atom. The number of nitrogens with one attached hydrogen (secondary N) is 1. The Labute approximate surface area is 202 Å². The number of carbonyl (C=O) groups is 1. The number of hydrogen-bond donors (Lipinski definition) is 1. The molecule has 1 N–H and O–H groups in total. The third-order valence-corrected chi connectivity index (χ3v) is 5.66. The summed E-state index contributed by atoms with van der Waals surface area (Å²) in [6.45, 7) is 9.60.